The summed E-state index contributed by atoms with van der Waals surface area (Å²) >= 11 is 12.5. The smallest absolute Gasteiger partial charge is 0.412 e. The Labute approximate surface area is 365 Å². The molecule has 0 unspecified atom stereocenters. The number of ether oxygens (including phenoxy) is 3. The summed E-state index contributed by atoms with van der Waals surface area (Å²) in [5.41, 5.74) is -2.19. The van der Waals surface area contributed by atoms with Crippen molar-refractivity contribution in [3.63, 3.8) is 0 Å². The van der Waals surface area contributed by atoms with Gasteiger partial charge < -0.3 is 28.5 Å². The molecular weight excluding hydrogens is 901 g/mol. The van der Waals surface area contributed by atoms with Gasteiger partial charge in [-0.15, -0.1) is 0 Å². The van der Waals surface area contributed by atoms with E-state index in [1.807, 2.05) is 0 Å². The zero-order valence-corrected chi connectivity index (χ0v) is 36.4. The van der Waals surface area contributed by atoms with E-state index in [-0.39, 0.29) is 57.2 Å². The van der Waals surface area contributed by atoms with Crippen LogP contribution in [0.2, 0.25) is 10.0 Å². The number of amides is 1. The molecule has 0 aliphatic carbocycles. The predicted octanol–water partition coefficient (Wildman–Crippen LogP) is 7.83. The molecule has 6 aromatic rings. The number of carboxylic acid groups (broad SMARTS) is 1. The van der Waals surface area contributed by atoms with Crippen molar-refractivity contribution in [3.8, 4) is 23.0 Å². The van der Waals surface area contributed by atoms with E-state index in [2.05, 4.69) is 14.7 Å². The summed E-state index contributed by atoms with van der Waals surface area (Å²) in [5.74, 6) is -5.98. The highest BCUT2D eigenvalue weighted by Crippen LogP contribution is 2.43. The molecule has 2 aromatic heterocycles. The summed E-state index contributed by atoms with van der Waals surface area (Å²) in [6.07, 6.45) is 1.18. The number of methoxy groups -OCH3 is 1. The SMILES string of the molecule is COCC1CN(S(=O)(=O)Nc2ccc(F)c(Oc3ccc4ncn(C)c(=O)c4c3F)c2Cl)C1.Cn1cnc2ccc(Oc3c(F)ccc(N(C(=O)O)C(C)(C)C)c3Cl)c(F)c2c1=O. The largest absolute Gasteiger partial charge is 0.465 e. The molecule has 63 heavy (non-hydrogen) atoms. The van der Waals surface area contributed by atoms with Gasteiger partial charge in [0.2, 0.25) is 0 Å². The first-order valence-corrected chi connectivity index (χ1v) is 20.6. The Kier molecular flexibility index (Phi) is 13.3. The fourth-order valence-corrected chi connectivity index (χ4v) is 8.32. The molecule has 0 spiro atoms. The molecule has 0 bridgehead atoms. The molecule has 1 fully saturated rings. The van der Waals surface area contributed by atoms with Crippen LogP contribution in [0.5, 0.6) is 23.0 Å². The van der Waals surface area contributed by atoms with Crippen molar-refractivity contribution in [2.24, 2.45) is 20.0 Å². The van der Waals surface area contributed by atoms with Crippen LogP contribution in [0.3, 0.4) is 0 Å². The Bertz CT molecular complexity index is 3020. The lowest BCUT2D eigenvalue weighted by Gasteiger charge is -2.37. The number of aryl methyl sites for hydroxylation is 2. The van der Waals surface area contributed by atoms with Crippen LogP contribution in [0.4, 0.5) is 33.7 Å². The van der Waals surface area contributed by atoms with E-state index >= 15 is 4.39 Å². The highest BCUT2D eigenvalue weighted by Gasteiger charge is 2.36. The molecule has 1 aliphatic heterocycles. The van der Waals surface area contributed by atoms with Crippen molar-refractivity contribution in [1.29, 1.82) is 0 Å². The molecule has 334 valence electrons. The van der Waals surface area contributed by atoms with Gasteiger partial charge in [-0.3, -0.25) is 19.2 Å². The van der Waals surface area contributed by atoms with E-state index in [0.717, 1.165) is 32.2 Å². The Morgan fingerprint density at radius 3 is 1.76 bits per heavy atom. The molecule has 3 heterocycles. The first-order chi connectivity index (χ1) is 29.5. The minimum atomic E-state index is -3.96. The summed E-state index contributed by atoms with van der Waals surface area (Å²) in [7, 11) is 0.386. The molecule has 7 rings (SSSR count). The van der Waals surface area contributed by atoms with Gasteiger partial charge in [-0.1, -0.05) is 23.2 Å². The molecule has 0 atom stereocenters. The zero-order chi connectivity index (χ0) is 46.3. The number of hydrogen-bond donors (Lipinski definition) is 2. The lowest BCUT2D eigenvalue weighted by Crippen LogP contribution is -2.53. The fourth-order valence-electron chi connectivity index (χ4n) is 6.36. The molecule has 0 saturated carbocycles. The molecule has 1 aliphatic rings. The summed E-state index contributed by atoms with van der Waals surface area (Å²) in [4.78, 5) is 45.2. The van der Waals surface area contributed by atoms with Crippen molar-refractivity contribution in [3.05, 3.63) is 115 Å². The Morgan fingerprint density at radius 2 is 1.30 bits per heavy atom. The van der Waals surface area contributed by atoms with Crippen molar-refractivity contribution in [2.45, 2.75) is 26.3 Å². The summed E-state index contributed by atoms with van der Waals surface area (Å²) in [5, 5.41) is 8.15. The number of hydrogen-bond acceptors (Lipinski definition) is 10. The maximum Gasteiger partial charge on any atom is 0.412 e. The lowest BCUT2D eigenvalue weighted by atomic mass is 10.1. The number of rotatable bonds is 10. The average molecular weight is 939 g/mol. The summed E-state index contributed by atoms with van der Waals surface area (Å²) in [6.45, 7) is 5.85. The van der Waals surface area contributed by atoms with E-state index in [0.29, 0.717) is 6.61 Å². The number of fused-ring (bicyclic) bond motifs is 2. The third-order valence-corrected chi connectivity index (χ3v) is 11.7. The molecule has 2 N–H and O–H groups in total. The number of anilines is 2. The number of nitrogens with zero attached hydrogens (tertiary/aromatic N) is 6. The van der Waals surface area contributed by atoms with Crippen molar-refractivity contribution in [2.75, 3.05) is 36.4 Å². The van der Waals surface area contributed by atoms with Gasteiger partial charge in [0.05, 0.1) is 41.7 Å². The van der Waals surface area contributed by atoms with Gasteiger partial charge in [-0.25, -0.2) is 32.3 Å². The van der Waals surface area contributed by atoms with Gasteiger partial charge in [0.15, 0.2) is 46.3 Å². The Balaban J connectivity index is 0.000000211. The lowest BCUT2D eigenvalue weighted by molar-refractivity contribution is 0.0825. The number of benzene rings is 4. The molecule has 4 aromatic carbocycles. The van der Waals surface area contributed by atoms with Gasteiger partial charge in [-0.05, 0) is 69.3 Å². The van der Waals surface area contributed by atoms with E-state index in [1.165, 1.54) is 68.5 Å². The Hall–Kier alpha value is -6.00. The molecular formula is C40H37Cl2F4N7O9S. The second-order valence-corrected chi connectivity index (χ2v) is 17.5. The van der Waals surface area contributed by atoms with Gasteiger partial charge in [0, 0.05) is 45.8 Å². The Morgan fingerprint density at radius 1 is 0.825 bits per heavy atom. The summed E-state index contributed by atoms with van der Waals surface area (Å²) < 4.78 is 106. The van der Waals surface area contributed by atoms with E-state index in [9.17, 15) is 41.1 Å². The minimum Gasteiger partial charge on any atom is -0.465 e. The zero-order valence-electron chi connectivity index (χ0n) is 34.0. The van der Waals surface area contributed by atoms with Gasteiger partial charge in [0.1, 0.15) is 20.8 Å². The van der Waals surface area contributed by atoms with Crippen LogP contribution < -0.4 is 30.2 Å². The standard InChI is InChI=1S/C20H19ClF2N4O5S.C20H18ClF2N3O4/c1-26-10-24-13-5-6-15(18(23)16(13)20(26)28)32-19-12(22)3-4-14(17(19)21)25-33(29,30)27-7-11(8-27)9-31-2;1-20(2,3)26(19(28)29)12-7-5-10(22)17(15(12)21)30-13-8-6-11-14(16(13)23)18(27)25(4)9-24-11/h3-6,10-11,25H,7-9H2,1-2H3;5-9H,1-4H3,(H,28,29). The second kappa shape index (κ2) is 18.0. The maximum atomic E-state index is 15.0. The second-order valence-electron chi connectivity index (χ2n) is 15.1. The first-order valence-electron chi connectivity index (χ1n) is 18.4. The van der Waals surface area contributed by atoms with Crippen LogP contribution in [0.25, 0.3) is 21.8 Å². The van der Waals surface area contributed by atoms with Crippen molar-refractivity contribution >= 4 is 72.7 Å². The van der Waals surface area contributed by atoms with Crippen LogP contribution in [-0.4, -0.2) is 75.4 Å². The van der Waals surface area contributed by atoms with Gasteiger partial charge >= 0.3 is 16.3 Å². The number of nitrogens with one attached hydrogen (secondary N) is 1. The molecule has 23 heteroatoms. The topological polar surface area (TPSA) is 187 Å². The number of carbonyl (C=O) groups is 1. The highest BCUT2D eigenvalue weighted by molar-refractivity contribution is 7.90. The molecule has 16 nitrogen and oxygen atoms in total. The third-order valence-electron chi connectivity index (χ3n) is 9.49. The molecule has 0 radical (unpaired) electrons. The van der Waals surface area contributed by atoms with Crippen LogP contribution in [0, 0.1) is 29.2 Å². The van der Waals surface area contributed by atoms with Crippen molar-refractivity contribution in [1.82, 2.24) is 23.4 Å². The maximum absolute atomic E-state index is 15.0. The molecule has 1 saturated heterocycles. The third kappa shape index (κ3) is 9.37. The van der Waals surface area contributed by atoms with Gasteiger partial charge in [0.25, 0.3) is 11.1 Å². The van der Waals surface area contributed by atoms with Crippen LogP contribution in [0.1, 0.15) is 20.8 Å². The van der Waals surface area contributed by atoms with E-state index in [4.69, 9.17) is 37.4 Å². The predicted molar refractivity (Wildman–Crippen MR) is 227 cm³/mol. The number of halogens is 6. The van der Waals surface area contributed by atoms with Crippen molar-refractivity contribution < 1.29 is 50.1 Å². The van der Waals surface area contributed by atoms with E-state index in [1.54, 1.807) is 20.8 Å². The summed E-state index contributed by atoms with van der Waals surface area (Å²) in [6, 6.07) is 9.28. The van der Waals surface area contributed by atoms with E-state index < -0.39 is 84.2 Å². The van der Waals surface area contributed by atoms with Crippen LogP contribution in [0.15, 0.2) is 70.8 Å². The van der Waals surface area contributed by atoms with Crippen LogP contribution >= 0.6 is 23.2 Å². The number of aromatic nitrogens is 4. The first kappa shape index (κ1) is 46.5. The fraction of sp³-hybridized carbons (Fsp3) is 0.275. The normalized spacial score (nSPS) is 13.3. The highest BCUT2D eigenvalue weighted by atomic mass is 35.5. The quantitative estimate of drug-likeness (QED) is 0.128. The minimum absolute atomic E-state index is 0.0353. The molecule has 1 amide bonds. The van der Waals surface area contributed by atoms with Gasteiger partial charge in [-0.2, -0.15) is 12.7 Å². The monoisotopic (exact) mass is 937 g/mol. The van der Waals surface area contributed by atoms with Crippen LogP contribution in [-0.2, 0) is 29.0 Å². The average Bonchev–Trinajstić information content (AvgIpc) is 3.19.